The molecule has 0 unspecified atom stereocenters. The first-order valence-electron chi connectivity index (χ1n) is 6.81. The molecule has 0 fully saturated rings. The second-order valence-electron chi connectivity index (χ2n) is 5.28. The molecular weight excluding hydrogens is 244 g/mol. The summed E-state index contributed by atoms with van der Waals surface area (Å²) in [6.45, 7) is 0. The number of aromatic nitrogens is 2. The summed E-state index contributed by atoms with van der Waals surface area (Å²) in [7, 11) is 0. The van der Waals surface area contributed by atoms with E-state index in [0.717, 1.165) is 0 Å². The third kappa shape index (κ3) is 1.18. The van der Waals surface area contributed by atoms with E-state index in [4.69, 9.17) is 0 Å². The maximum atomic E-state index is 3.49. The average Bonchev–Trinajstić information content (AvgIpc) is 3.02. The van der Waals surface area contributed by atoms with E-state index in [0.29, 0.717) is 0 Å². The van der Waals surface area contributed by atoms with Crippen LogP contribution in [-0.4, -0.2) is 9.97 Å². The number of rotatable bonds is 0. The molecular formula is C18H12N2. The van der Waals surface area contributed by atoms with Gasteiger partial charge in [-0.3, -0.25) is 0 Å². The maximum Gasteiger partial charge on any atom is 0.0486 e. The minimum absolute atomic E-state index is 1.19. The Labute approximate surface area is 115 Å². The van der Waals surface area contributed by atoms with Crippen LogP contribution in [0.2, 0.25) is 0 Å². The van der Waals surface area contributed by atoms with Crippen LogP contribution in [0, 0.1) is 0 Å². The van der Waals surface area contributed by atoms with Gasteiger partial charge in [-0.2, -0.15) is 0 Å². The molecule has 0 spiro atoms. The molecule has 0 saturated heterocycles. The smallest absolute Gasteiger partial charge is 0.0486 e. The number of nitrogens with one attached hydrogen (secondary N) is 2. The van der Waals surface area contributed by atoms with Crippen molar-refractivity contribution >= 4 is 43.6 Å². The lowest BCUT2D eigenvalue weighted by Gasteiger charge is -1.94. The number of benzene rings is 3. The predicted molar refractivity (Wildman–Crippen MR) is 85.2 cm³/mol. The second kappa shape index (κ2) is 3.42. The molecule has 2 heterocycles. The highest BCUT2D eigenvalue weighted by Crippen LogP contribution is 2.32. The molecule has 3 aromatic carbocycles. The SMILES string of the molecule is c1ccc2c(c1)[nH]c1cc3[nH]c4ccccc4c3cc12. The molecule has 5 aromatic rings. The average molecular weight is 256 g/mol. The molecule has 0 atom stereocenters. The van der Waals surface area contributed by atoms with Crippen molar-refractivity contribution in [2.24, 2.45) is 0 Å². The summed E-state index contributed by atoms with van der Waals surface area (Å²) in [5.74, 6) is 0. The Hall–Kier alpha value is -2.74. The molecule has 0 aliphatic carbocycles. The number of hydrogen-bond donors (Lipinski definition) is 2. The molecule has 2 nitrogen and oxygen atoms in total. The molecule has 5 rings (SSSR count). The van der Waals surface area contributed by atoms with E-state index in [2.05, 4.69) is 70.6 Å². The van der Waals surface area contributed by atoms with Gasteiger partial charge in [-0.05, 0) is 24.3 Å². The Morgan fingerprint density at radius 2 is 0.950 bits per heavy atom. The lowest BCUT2D eigenvalue weighted by atomic mass is 10.1. The number of hydrogen-bond acceptors (Lipinski definition) is 0. The maximum absolute atomic E-state index is 3.49. The van der Waals surface area contributed by atoms with Crippen LogP contribution in [0.3, 0.4) is 0 Å². The zero-order valence-electron chi connectivity index (χ0n) is 10.8. The summed E-state index contributed by atoms with van der Waals surface area (Å²) in [6, 6.07) is 21.4. The Kier molecular flexibility index (Phi) is 1.73. The first-order valence-corrected chi connectivity index (χ1v) is 6.81. The zero-order chi connectivity index (χ0) is 13.1. The van der Waals surface area contributed by atoms with Gasteiger partial charge in [-0.25, -0.2) is 0 Å². The van der Waals surface area contributed by atoms with Crippen LogP contribution >= 0.6 is 0 Å². The fraction of sp³-hybridized carbons (Fsp3) is 0. The molecule has 2 heteroatoms. The van der Waals surface area contributed by atoms with Gasteiger partial charge < -0.3 is 9.97 Å². The van der Waals surface area contributed by atoms with Gasteiger partial charge in [-0.15, -0.1) is 0 Å². The normalized spacial score (nSPS) is 12.0. The first kappa shape index (κ1) is 10.1. The summed E-state index contributed by atoms with van der Waals surface area (Å²) < 4.78 is 0. The minimum atomic E-state index is 1.19. The number of fused-ring (bicyclic) bond motifs is 6. The molecule has 94 valence electrons. The zero-order valence-corrected chi connectivity index (χ0v) is 10.8. The van der Waals surface area contributed by atoms with Gasteiger partial charge in [0.1, 0.15) is 0 Å². The molecule has 0 bridgehead atoms. The Morgan fingerprint density at radius 1 is 0.450 bits per heavy atom. The van der Waals surface area contributed by atoms with Crippen molar-refractivity contribution in [2.75, 3.05) is 0 Å². The molecule has 0 aliphatic heterocycles. The van der Waals surface area contributed by atoms with Gasteiger partial charge in [0.15, 0.2) is 0 Å². The van der Waals surface area contributed by atoms with Gasteiger partial charge in [0.25, 0.3) is 0 Å². The quantitative estimate of drug-likeness (QED) is 0.392. The van der Waals surface area contributed by atoms with Crippen LogP contribution < -0.4 is 0 Å². The minimum Gasteiger partial charge on any atom is -0.354 e. The van der Waals surface area contributed by atoms with Gasteiger partial charge in [0.05, 0.1) is 0 Å². The van der Waals surface area contributed by atoms with Gasteiger partial charge in [0.2, 0.25) is 0 Å². The standard InChI is InChI=1S/C18H12N2/c1-3-7-15-11(5-1)13-9-14-12-6-2-4-8-16(12)20-18(14)10-17(13)19-15/h1-10,19-20H. The summed E-state index contributed by atoms with van der Waals surface area (Å²) in [5.41, 5.74) is 4.76. The summed E-state index contributed by atoms with van der Waals surface area (Å²) >= 11 is 0. The fourth-order valence-electron chi connectivity index (χ4n) is 3.20. The van der Waals surface area contributed by atoms with Crippen LogP contribution in [-0.2, 0) is 0 Å². The predicted octanol–water partition coefficient (Wildman–Crippen LogP) is 4.96. The Morgan fingerprint density at radius 3 is 1.50 bits per heavy atom. The van der Waals surface area contributed by atoms with Gasteiger partial charge in [0, 0.05) is 43.6 Å². The molecule has 2 aromatic heterocycles. The van der Waals surface area contributed by atoms with E-state index in [1.54, 1.807) is 0 Å². The molecule has 20 heavy (non-hydrogen) atoms. The van der Waals surface area contributed by atoms with Crippen LogP contribution in [0.15, 0.2) is 60.7 Å². The van der Waals surface area contributed by atoms with E-state index < -0.39 is 0 Å². The van der Waals surface area contributed by atoms with Crippen molar-refractivity contribution in [1.82, 2.24) is 9.97 Å². The molecule has 0 radical (unpaired) electrons. The Balaban J connectivity index is 2.06. The first-order chi connectivity index (χ1) is 9.90. The summed E-state index contributed by atoms with van der Waals surface area (Å²) in [6.07, 6.45) is 0. The highest BCUT2D eigenvalue weighted by Gasteiger charge is 2.08. The van der Waals surface area contributed by atoms with Crippen molar-refractivity contribution < 1.29 is 0 Å². The van der Waals surface area contributed by atoms with E-state index >= 15 is 0 Å². The van der Waals surface area contributed by atoms with E-state index in [9.17, 15) is 0 Å². The summed E-state index contributed by atoms with van der Waals surface area (Å²) in [5, 5.41) is 5.15. The largest absolute Gasteiger partial charge is 0.354 e. The topological polar surface area (TPSA) is 31.6 Å². The third-order valence-electron chi connectivity index (χ3n) is 4.13. The summed E-state index contributed by atoms with van der Waals surface area (Å²) in [4.78, 5) is 6.99. The van der Waals surface area contributed by atoms with Crippen molar-refractivity contribution in [1.29, 1.82) is 0 Å². The van der Waals surface area contributed by atoms with Crippen molar-refractivity contribution in [3.8, 4) is 0 Å². The van der Waals surface area contributed by atoms with Crippen molar-refractivity contribution in [2.45, 2.75) is 0 Å². The molecule has 2 N–H and O–H groups in total. The number of para-hydroxylation sites is 2. The van der Waals surface area contributed by atoms with Gasteiger partial charge >= 0.3 is 0 Å². The van der Waals surface area contributed by atoms with Crippen LogP contribution in [0.1, 0.15) is 0 Å². The monoisotopic (exact) mass is 256 g/mol. The second-order valence-corrected chi connectivity index (χ2v) is 5.28. The molecule has 0 amide bonds. The number of H-pyrrole nitrogens is 2. The molecule has 0 saturated carbocycles. The van der Waals surface area contributed by atoms with E-state index in [1.807, 2.05) is 0 Å². The highest BCUT2D eigenvalue weighted by molar-refractivity contribution is 6.17. The van der Waals surface area contributed by atoms with Gasteiger partial charge in [-0.1, -0.05) is 36.4 Å². The lowest BCUT2D eigenvalue weighted by Crippen LogP contribution is -1.70. The highest BCUT2D eigenvalue weighted by atomic mass is 14.7. The molecule has 0 aliphatic rings. The Bertz CT molecular complexity index is 1010. The third-order valence-corrected chi connectivity index (χ3v) is 4.13. The fourth-order valence-corrected chi connectivity index (χ4v) is 3.20. The number of aromatic amines is 2. The van der Waals surface area contributed by atoms with E-state index in [1.165, 1.54) is 43.6 Å². The van der Waals surface area contributed by atoms with Crippen LogP contribution in [0.4, 0.5) is 0 Å². The van der Waals surface area contributed by atoms with Crippen molar-refractivity contribution in [3.05, 3.63) is 60.7 Å². The van der Waals surface area contributed by atoms with Crippen LogP contribution in [0.25, 0.3) is 43.6 Å². The van der Waals surface area contributed by atoms with Crippen LogP contribution in [0.5, 0.6) is 0 Å². The van der Waals surface area contributed by atoms with Crippen molar-refractivity contribution in [3.63, 3.8) is 0 Å². The lowest BCUT2D eigenvalue weighted by molar-refractivity contribution is 1.52. The van der Waals surface area contributed by atoms with E-state index in [-0.39, 0.29) is 0 Å².